The lowest BCUT2D eigenvalue weighted by atomic mass is 10.0. The van der Waals surface area contributed by atoms with E-state index in [1.807, 2.05) is 28.9 Å². The number of hydrogen-bond donors (Lipinski definition) is 1. The maximum Gasteiger partial charge on any atom is 0.226 e. The molecule has 1 atom stereocenters. The molecule has 1 aliphatic heterocycles. The molecular formula is C19H17ClN4. The van der Waals surface area contributed by atoms with E-state index in [9.17, 15) is 0 Å². The number of rotatable bonds is 3. The zero-order chi connectivity index (χ0) is 16.5. The van der Waals surface area contributed by atoms with Crippen molar-refractivity contribution in [2.45, 2.75) is 19.4 Å². The lowest BCUT2D eigenvalue weighted by Gasteiger charge is -2.25. The number of fused-ring (bicyclic) bond motifs is 1. The topological polar surface area (TPSA) is 42.7 Å². The lowest BCUT2D eigenvalue weighted by molar-refractivity contribution is 0.612. The molecule has 0 bridgehead atoms. The number of nitrogens with one attached hydrogen (secondary N) is 1. The summed E-state index contributed by atoms with van der Waals surface area (Å²) in [7, 11) is 0. The molecule has 1 aliphatic rings. The van der Waals surface area contributed by atoms with Gasteiger partial charge in [-0.2, -0.15) is 10.1 Å². The van der Waals surface area contributed by atoms with Gasteiger partial charge < -0.3 is 5.32 Å². The molecular weight excluding hydrogens is 320 g/mol. The average molecular weight is 337 g/mol. The quantitative estimate of drug-likeness (QED) is 0.763. The summed E-state index contributed by atoms with van der Waals surface area (Å²) in [4.78, 5) is 4.33. The predicted octanol–water partition coefficient (Wildman–Crippen LogP) is 4.55. The van der Waals surface area contributed by atoms with Gasteiger partial charge in [0.25, 0.3) is 0 Å². The number of hydrogen-bond acceptors (Lipinski definition) is 3. The van der Waals surface area contributed by atoms with E-state index in [0.29, 0.717) is 0 Å². The molecule has 1 N–H and O–H groups in total. The minimum Gasteiger partial charge on any atom is -0.324 e. The van der Waals surface area contributed by atoms with Crippen LogP contribution >= 0.6 is 11.6 Å². The summed E-state index contributed by atoms with van der Waals surface area (Å²) >= 11 is 6.41. The minimum atomic E-state index is -0.0849. The Hall–Kier alpha value is -2.59. The molecule has 0 saturated heterocycles. The number of aromatic nitrogens is 3. The highest BCUT2D eigenvalue weighted by molar-refractivity contribution is 6.31. The van der Waals surface area contributed by atoms with E-state index >= 15 is 0 Å². The molecule has 2 aromatic carbocycles. The van der Waals surface area contributed by atoms with Gasteiger partial charge in [0.15, 0.2) is 0 Å². The van der Waals surface area contributed by atoms with E-state index in [4.69, 9.17) is 11.6 Å². The Bertz CT molecular complexity index is 896. The SMILES string of the molecule is CCc1ccc(C2=C[C@H](c3ccccc3Cl)n3ncnc3N2)cc1. The summed E-state index contributed by atoms with van der Waals surface area (Å²) in [6.45, 7) is 2.16. The van der Waals surface area contributed by atoms with Crippen LogP contribution < -0.4 is 5.32 Å². The second-order valence-corrected chi connectivity index (χ2v) is 6.16. The van der Waals surface area contributed by atoms with E-state index in [0.717, 1.165) is 34.2 Å². The number of benzene rings is 2. The second-order valence-electron chi connectivity index (χ2n) is 5.75. The van der Waals surface area contributed by atoms with Gasteiger partial charge in [-0.05, 0) is 35.3 Å². The summed E-state index contributed by atoms with van der Waals surface area (Å²) in [6.07, 6.45) is 4.73. The Morgan fingerprint density at radius 3 is 2.67 bits per heavy atom. The molecule has 0 amide bonds. The average Bonchev–Trinajstić information content (AvgIpc) is 3.10. The first-order valence-corrected chi connectivity index (χ1v) is 8.36. The van der Waals surface area contributed by atoms with Crippen molar-refractivity contribution in [1.82, 2.24) is 14.8 Å². The first-order valence-electron chi connectivity index (χ1n) is 7.98. The monoisotopic (exact) mass is 336 g/mol. The van der Waals surface area contributed by atoms with Crippen LogP contribution in [0.25, 0.3) is 5.70 Å². The molecule has 1 aromatic heterocycles. The summed E-state index contributed by atoms with van der Waals surface area (Å²) in [5, 5.41) is 8.43. The molecule has 4 nitrogen and oxygen atoms in total. The Morgan fingerprint density at radius 1 is 1.12 bits per heavy atom. The number of halogens is 1. The maximum absolute atomic E-state index is 6.41. The van der Waals surface area contributed by atoms with E-state index < -0.39 is 0 Å². The molecule has 0 unspecified atom stereocenters. The van der Waals surface area contributed by atoms with Crippen molar-refractivity contribution < 1.29 is 0 Å². The van der Waals surface area contributed by atoms with Gasteiger partial charge in [-0.3, -0.25) is 0 Å². The Morgan fingerprint density at radius 2 is 1.92 bits per heavy atom. The Labute approximate surface area is 145 Å². The molecule has 0 spiro atoms. The zero-order valence-corrected chi connectivity index (χ0v) is 14.0. The number of anilines is 1. The van der Waals surface area contributed by atoms with Gasteiger partial charge in [0.05, 0.1) is 0 Å². The van der Waals surface area contributed by atoms with Crippen LogP contribution in [-0.4, -0.2) is 14.8 Å². The number of aryl methyl sites for hydroxylation is 1. The van der Waals surface area contributed by atoms with Crippen LogP contribution in [0.3, 0.4) is 0 Å². The Kier molecular flexibility index (Phi) is 3.82. The molecule has 120 valence electrons. The minimum absolute atomic E-state index is 0.0849. The fourth-order valence-corrected chi connectivity index (χ4v) is 3.21. The third kappa shape index (κ3) is 2.59. The number of nitrogens with zero attached hydrogens (tertiary/aromatic N) is 3. The van der Waals surface area contributed by atoms with Crippen LogP contribution in [0.1, 0.15) is 29.7 Å². The van der Waals surface area contributed by atoms with E-state index in [1.54, 1.807) is 6.33 Å². The first kappa shape index (κ1) is 15.0. The van der Waals surface area contributed by atoms with Crippen LogP contribution in [0.4, 0.5) is 5.95 Å². The maximum atomic E-state index is 6.41. The van der Waals surface area contributed by atoms with Crippen molar-refractivity contribution in [1.29, 1.82) is 0 Å². The predicted molar refractivity (Wildman–Crippen MR) is 97.0 cm³/mol. The lowest BCUT2D eigenvalue weighted by Crippen LogP contribution is -2.20. The summed E-state index contributed by atoms with van der Waals surface area (Å²) in [6, 6.07) is 16.3. The van der Waals surface area contributed by atoms with Crippen LogP contribution in [0.15, 0.2) is 60.9 Å². The summed E-state index contributed by atoms with van der Waals surface area (Å²) in [5.74, 6) is 0.719. The molecule has 0 aliphatic carbocycles. The highest BCUT2D eigenvalue weighted by atomic mass is 35.5. The van der Waals surface area contributed by atoms with Gasteiger partial charge in [0.1, 0.15) is 12.4 Å². The van der Waals surface area contributed by atoms with Crippen LogP contribution in [0, 0.1) is 0 Å². The van der Waals surface area contributed by atoms with Crippen LogP contribution in [0.5, 0.6) is 0 Å². The van der Waals surface area contributed by atoms with Crippen molar-refractivity contribution in [2.75, 3.05) is 5.32 Å². The van der Waals surface area contributed by atoms with Crippen molar-refractivity contribution in [2.24, 2.45) is 0 Å². The first-order chi connectivity index (χ1) is 11.8. The molecule has 24 heavy (non-hydrogen) atoms. The highest BCUT2D eigenvalue weighted by Gasteiger charge is 2.24. The second kappa shape index (κ2) is 6.13. The third-order valence-electron chi connectivity index (χ3n) is 4.30. The molecule has 0 radical (unpaired) electrons. The molecule has 2 heterocycles. The Balaban J connectivity index is 1.80. The van der Waals surface area contributed by atoms with Gasteiger partial charge >= 0.3 is 0 Å². The molecule has 4 rings (SSSR count). The normalized spacial score (nSPS) is 16.2. The van der Waals surface area contributed by atoms with Crippen molar-refractivity contribution in [3.05, 3.63) is 82.6 Å². The molecule has 0 fully saturated rings. The zero-order valence-electron chi connectivity index (χ0n) is 13.3. The standard InChI is InChI=1S/C19H17ClN4/c1-2-13-7-9-14(10-8-13)17-11-18(15-5-3-4-6-16(15)20)24-19(23-17)21-12-22-24/h3-12,18H,2H2,1H3,(H,21,22,23)/t18-/m1/s1. The van der Waals surface area contributed by atoms with Gasteiger partial charge in [-0.1, -0.05) is 61.0 Å². The summed E-state index contributed by atoms with van der Waals surface area (Å²) in [5.41, 5.74) is 4.47. The smallest absolute Gasteiger partial charge is 0.226 e. The van der Waals surface area contributed by atoms with Crippen molar-refractivity contribution in [3.8, 4) is 0 Å². The number of allylic oxidation sites excluding steroid dienone is 1. The van der Waals surface area contributed by atoms with Crippen molar-refractivity contribution in [3.63, 3.8) is 0 Å². The van der Waals surface area contributed by atoms with E-state index in [-0.39, 0.29) is 6.04 Å². The third-order valence-corrected chi connectivity index (χ3v) is 4.65. The largest absolute Gasteiger partial charge is 0.324 e. The van der Waals surface area contributed by atoms with Gasteiger partial charge in [0.2, 0.25) is 5.95 Å². The van der Waals surface area contributed by atoms with E-state index in [1.165, 1.54) is 5.56 Å². The molecule has 0 saturated carbocycles. The molecule has 3 aromatic rings. The van der Waals surface area contributed by atoms with Crippen molar-refractivity contribution >= 4 is 23.2 Å². The fourth-order valence-electron chi connectivity index (χ4n) is 2.96. The highest BCUT2D eigenvalue weighted by Crippen LogP contribution is 2.34. The van der Waals surface area contributed by atoms with E-state index in [2.05, 4.69) is 52.7 Å². The fraction of sp³-hybridized carbons (Fsp3) is 0.158. The van der Waals surface area contributed by atoms with Gasteiger partial charge in [-0.25, -0.2) is 4.68 Å². The van der Waals surface area contributed by atoms with Crippen LogP contribution in [0.2, 0.25) is 5.02 Å². The van der Waals surface area contributed by atoms with Gasteiger partial charge in [0, 0.05) is 10.7 Å². The summed E-state index contributed by atoms with van der Waals surface area (Å²) < 4.78 is 1.85. The molecule has 5 heteroatoms. The van der Waals surface area contributed by atoms with Gasteiger partial charge in [-0.15, -0.1) is 0 Å². The van der Waals surface area contributed by atoms with Crippen LogP contribution in [-0.2, 0) is 6.42 Å².